The highest BCUT2D eigenvalue weighted by atomic mass is 35.5. The molecule has 1 amide bonds. The van der Waals surface area contributed by atoms with Crippen molar-refractivity contribution in [3.8, 4) is 0 Å². The first kappa shape index (κ1) is 21.6. The summed E-state index contributed by atoms with van der Waals surface area (Å²) in [5.41, 5.74) is 0.985. The molecule has 1 aromatic rings. The minimum absolute atomic E-state index is 0. The number of nitrogens with one attached hydrogen (secondary N) is 1. The van der Waals surface area contributed by atoms with Gasteiger partial charge < -0.3 is 10.2 Å². The van der Waals surface area contributed by atoms with Crippen LogP contribution >= 0.6 is 35.6 Å². The molecule has 1 unspecified atom stereocenters. The molecule has 1 aliphatic rings. The van der Waals surface area contributed by atoms with Gasteiger partial charge >= 0.3 is 0 Å². The molecule has 1 atom stereocenters. The SMILES string of the molecule is CCNCC1CCN(C(=O)C(C)Cc2ccc(Cl)cc2Cl)CC1.Cl. The number of likely N-dealkylation sites (tertiary alicyclic amines) is 1. The molecule has 1 N–H and O–H groups in total. The Morgan fingerprint density at radius 2 is 2.00 bits per heavy atom. The Morgan fingerprint density at radius 1 is 1.33 bits per heavy atom. The van der Waals surface area contributed by atoms with Crippen LogP contribution < -0.4 is 5.32 Å². The van der Waals surface area contributed by atoms with E-state index in [9.17, 15) is 4.79 Å². The van der Waals surface area contributed by atoms with E-state index >= 15 is 0 Å². The number of carbonyl (C=O) groups excluding carboxylic acids is 1. The van der Waals surface area contributed by atoms with Crippen LogP contribution in [0.1, 0.15) is 32.3 Å². The fourth-order valence-electron chi connectivity index (χ4n) is 3.12. The molecule has 0 spiro atoms. The van der Waals surface area contributed by atoms with Crippen LogP contribution in [0, 0.1) is 11.8 Å². The van der Waals surface area contributed by atoms with Crippen LogP contribution in [0.25, 0.3) is 0 Å². The fourth-order valence-corrected chi connectivity index (χ4v) is 3.61. The van der Waals surface area contributed by atoms with E-state index in [1.807, 2.05) is 24.0 Å². The molecule has 1 heterocycles. The van der Waals surface area contributed by atoms with Crippen LogP contribution in [0.15, 0.2) is 18.2 Å². The van der Waals surface area contributed by atoms with E-state index in [4.69, 9.17) is 23.2 Å². The highest BCUT2D eigenvalue weighted by Gasteiger charge is 2.26. The van der Waals surface area contributed by atoms with Gasteiger partial charge in [-0.15, -0.1) is 12.4 Å². The van der Waals surface area contributed by atoms with Gasteiger partial charge in [0.05, 0.1) is 0 Å². The van der Waals surface area contributed by atoms with E-state index in [0.29, 0.717) is 22.4 Å². The maximum absolute atomic E-state index is 12.6. The van der Waals surface area contributed by atoms with Crippen molar-refractivity contribution in [1.82, 2.24) is 10.2 Å². The lowest BCUT2D eigenvalue weighted by molar-refractivity contribution is -0.136. The molecule has 2 rings (SSSR count). The zero-order chi connectivity index (χ0) is 16.8. The number of nitrogens with zero attached hydrogens (tertiary/aromatic N) is 1. The van der Waals surface area contributed by atoms with Crippen LogP contribution in [-0.2, 0) is 11.2 Å². The van der Waals surface area contributed by atoms with Crippen LogP contribution in [0.5, 0.6) is 0 Å². The Morgan fingerprint density at radius 3 is 2.58 bits per heavy atom. The topological polar surface area (TPSA) is 32.3 Å². The van der Waals surface area contributed by atoms with E-state index in [0.717, 1.165) is 44.6 Å². The number of hydrogen-bond acceptors (Lipinski definition) is 2. The number of benzene rings is 1. The third kappa shape index (κ3) is 6.11. The molecule has 1 aliphatic heterocycles. The molecule has 6 heteroatoms. The number of piperidine rings is 1. The second-order valence-corrected chi connectivity index (χ2v) is 7.26. The largest absolute Gasteiger partial charge is 0.342 e. The zero-order valence-electron chi connectivity index (χ0n) is 14.4. The summed E-state index contributed by atoms with van der Waals surface area (Å²) < 4.78 is 0. The van der Waals surface area contributed by atoms with Crippen molar-refractivity contribution in [3.05, 3.63) is 33.8 Å². The van der Waals surface area contributed by atoms with E-state index in [1.165, 1.54) is 0 Å². The summed E-state index contributed by atoms with van der Waals surface area (Å²) in [5.74, 6) is 0.872. The molecule has 24 heavy (non-hydrogen) atoms. The third-order valence-corrected chi connectivity index (χ3v) is 5.16. The van der Waals surface area contributed by atoms with Gasteiger partial charge in [0, 0.05) is 29.1 Å². The summed E-state index contributed by atoms with van der Waals surface area (Å²) in [6, 6.07) is 5.48. The standard InChI is InChI=1S/C18H26Cl2N2O.ClH/c1-3-21-12-14-6-8-22(9-7-14)18(23)13(2)10-15-4-5-16(19)11-17(15)20;/h4-5,11,13-14,21H,3,6-10,12H2,1-2H3;1H. The lowest BCUT2D eigenvalue weighted by Gasteiger charge is -2.33. The van der Waals surface area contributed by atoms with Gasteiger partial charge in [-0.3, -0.25) is 4.79 Å². The monoisotopic (exact) mass is 392 g/mol. The van der Waals surface area contributed by atoms with Gasteiger partial charge in [-0.1, -0.05) is 43.1 Å². The number of hydrogen-bond donors (Lipinski definition) is 1. The Kier molecular flexibility index (Phi) is 9.43. The van der Waals surface area contributed by atoms with Crippen molar-refractivity contribution in [2.45, 2.75) is 33.1 Å². The minimum Gasteiger partial charge on any atom is -0.342 e. The van der Waals surface area contributed by atoms with Crippen LogP contribution in [-0.4, -0.2) is 37.0 Å². The average molecular weight is 394 g/mol. The quantitative estimate of drug-likeness (QED) is 0.775. The summed E-state index contributed by atoms with van der Waals surface area (Å²) in [6.45, 7) is 7.92. The maximum Gasteiger partial charge on any atom is 0.225 e. The molecular formula is C18H27Cl3N2O. The van der Waals surface area contributed by atoms with Gasteiger partial charge in [-0.25, -0.2) is 0 Å². The van der Waals surface area contributed by atoms with Crippen molar-refractivity contribution in [2.75, 3.05) is 26.2 Å². The number of amides is 1. The molecule has 0 saturated carbocycles. The summed E-state index contributed by atoms with van der Waals surface area (Å²) in [4.78, 5) is 14.7. The second-order valence-electron chi connectivity index (χ2n) is 6.42. The van der Waals surface area contributed by atoms with Crippen molar-refractivity contribution >= 4 is 41.5 Å². The Bertz CT molecular complexity index is 531. The Labute approximate surface area is 161 Å². The third-order valence-electron chi connectivity index (χ3n) is 4.57. The van der Waals surface area contributed by atoms with Crippen molar-refractivity contribution in [3.63, 3.8) is 0 Å². The summed E-state index contributed by atoms with van der Waals surface area (Å²) in [5, 5.41) is 4.67. The first-order valence-electron chi connectivity index (χ1n) is 8.44. The van der Waals surface area contributed by atoms with Crippen LogP contribution in [0.3, 0.4) is 0 Å². The molecule has 1 aromatic carbocycles. The van der Waals surface area contributed by atoms with E-state index < -0.39 is 0 Å². The molecule has 1 fully saturated rings. The Hall–Kier alpha value is -0.480. The molecule has 1 saturated heterocycles. The lowest BCUT2D eigenvalue weighted by Crippen LogP contribution is -2.43. The number of halogens is 3. The van der Waals surface area contributed by atoms with Gasteiger partial charge in [-0.05, 0) is 56.0 Å². The smallest absolute Gasteiger partial charge is 0.225 e. The second kappa shape index (κ2) is 10.5. The highest BCUT2D eigenvalue weighted by Crippen LogP contribution is 2.25. The van der Waals surface area contributed by atoms with Crippen LogP contribution in [0.2, 0.25) is 10.0 Å². The number of rotatable bonds is 6. The van der Waals surface area contributed by atoms with Gasteiger partial charge in [-0.2, -0.15) is 0 Å². The molecule has 3 nitrogen and oxygen atoms in total. The molecule has 136 valence electrons. The van der Waals surface area contributed by atoms with Crippen LogP contribution in [0.4, 0.5) is 0 Å². The van der Waals surface area contributed by atoms with Crippen molar-refractivity contribution < 1.29 is 4.79 Å². The van der Waals surface area contributed by atoms with Gasteiger partial charge in [0.2, 0.25) is 5.91 Å². The van der Waals surface area contributed by atoms with E-state index in [2.05, 4.69) is 12.2 Å². The molecule has 0 aromatic heterocycles. The summed E-state index contributed by atoms with van der Waals surface area (Å²) in [7, 11) is 0. The Balaban J connectivity index is 0.00000288. The van der Waals surface area contributed by atoms with Crippen molar-refractivity contribution in [1.29, 1.82) is 0 Å². The molecule has 0 radical (unpaired) electrons. The number of carbonyl (C=O) groups is 1. The molecule has 0 bridgehead atoms. The first-order chi connectivity index (χ1) is 11.0. The highest BCUT2D eigenvalue weighted by molar-refractivity contribution is 6.35. The molecule has 0 aliphatic carbocycles. The maximum atomic E-state index is 12.6. The fraction of sp³-hybridized carbons (Fsp3) is 0.611. The minimum atomic E-state index is -0.0565. The van der Waals surface area contributed by atoms with E-state index in [-0.39, 0.29) is 24.2 Å². The van der Waals surface area contributed by atoms with Gasteiger partial charge in [0.1, 0.15) is 0 Å². The van der Waals surface area contributed by atoms with E-state index in [1.54, 1.807) is 6.07 Å². The lowest BCUT2D eigenvalue weighted by atomic mass is 9.94. The van der Waals surface area contributed by atoms with Gasteiger partial charge in [0.25, 0.3) is 0 Å². The van der Waals surface area contributed by atoms with Crippen molar-refractivity contribution in [2.24, 2.45) is 11.8 Å². The summed E-state index contributed by atoms with van der Waals surface area (Å²) in [6.07, 6.45) is 2.84. The average Bonchev–Trinajstić information content (AvgIpc) is 2.55. The zero-order valence-corrected chi connectivity index (χ0v) is 16.7. The molecular weight excluding hydrogens is 367 g/mol. The predicted molar refractivity (Wildman–Crippen MR) is 104 cm³/mol. The first-order valence-corrected chi connectivity index (χ1v) is 9.20. The summed E-state index contributed by atoms with van der Waals surface area (Å²) >= 11 is 12.1. The normalized spacial score (nSPS) is 16.6. The van der Waals surface area contributed by atoms with Gasteiger partial charge in [0.15, 0.2) is 0 Å². The predicted octanol–water partition coefficient (Wildman–Crippen LogP) is 4.44.